The number of nitrogens with one attached hydrogen (secondary N) is 1. The van der Waals surface area contributed by atoms with Gasteiger partial charge in [-0.1, -0.05) is 32.4 Å². The highest BCUT2D eigenvalue weighted by Gasteiger charge is 2.11. The van der Waals surface area contributed by atoms with E-state index in [4.69, 9.17) is 6.42 Å². The van der Waals surface area contributed by atoms with Crippen LogP contribution in [-0.2, 0) is 4.79 Å². The van der Waals surface area contributed by atoms with Gasteiger partial charge < -0.3 is 9.99 Å². The van der Waals surface area contributed by atoms with E-state index in [9.17, 15) is 4.79 Å². The molecule has 1 amide bonds. The zero-order valence-electron chi connectivity index (χ0n) is 9.58. The molecule has 1 N–H and O–H groups in total. The van der Waals surface area contributed by atoms with Crippen LogP contribution in [0.25, 0.3) is 0 Å². The molecule has 1 unspecified atom stereocenters. The molecule has 0 aliphatic heterocycles. The minimum atomic E-state index is -0.176. The SMILES string of the molecule is C#CCN(P)C(=O)/C(=C/C)NC=C.CC. The number of carbonyl (C=O) groups excluding carboxylic acids is 1. The lowest BCUT2D eigenvalue weighted by atomic mass is 10.4. The lowest BCUT2D eigenvalue weighted by Gasteiger charge is -2.15. The fraction of sp³-hybridized carbons (Fsp3) is 0.364. The van der Waals surface area contributed by atoms with Gasteiger partial charge in [0, 0.05) is 0 Å². The van der Waals surface area contributed by atoms with E-state index in [1.807, 2.05) is 13.8 Å². The predicted octanol–water partition coefficient (Wildman–Crippen LogP) is 1.90. The van der Waals surface area contributed by atoms with Crippen molar-refractivity contribution < 1.29 is 4.79 Å². The average molecular weight is 226 g/mol. The topological polar surface area (TPSA) is 32.3 Å². The summed E-state index contributed by atoms with van der Waals surface area (Å²) < 4.78 is 1.37. The maximum absolute atomic E-state index is 11.5. The third kappa shape index (κ3) is 6.76. The van der Waals surface area contributed by atoms with E-state index in [2.05, 4.69) is 27.2 Å². The zero-order chi connectivity index (χ0) is 12.3. The van der Waals surface area contributed by atoms with Gasteiger partial charge in [0.2, 0.25) is 0 Å². The van der Waals surface area contributed by atoms with Crippen LogP contribution in [-0.4, -0.2) is 17.1 Å². The van der Waals surface area contributed by atoms with E-state index in [-0.39, 0.29) is 12.5 Å². The average Bonchev–Trinajstić information content (AvgIpc) is 2.28. The molecule has 0 rings (SSSR count). The highest BCUT2D eigenvalue weighted by atomic mass is 31.0. The summed E-state index contributed by atoms with van der Waals surface area (Å²) >= 11 is 0. The van der Waals surface area contributed by atoms with Gasteiger partial charge >= 0.3 is 0 Å². The Kier molecular flexibility index (Phi) is 11.7. The molecule has 0 fully saturated rings. The second-order valence-corrected chi connectivity index (χ2v) is 2.81. The number of rotatable bonds is 4. The van der Waals surface area contributed by atoms with Crippen LogP contribution in [0.1, 0.15) is 20.8 Å². The maximum Gasteiger partial charge on any atom is 0.273 e. The molecule has 0 aromatic heterocycles. The molecule has 1 atom stereocenters. The van der Waals surface area contributed by atoms with E-state index < -0.39 is 0 Å². The van der Waals surface area contributed by atoms with E-state index in [0.29, 0.717) is 5.70 Å². The van der Waals surface area contributed by atoms with Crippen LogP contribution in [0.2, 0.25) is 0 Å². The smallest absolute Gasteiger partial charge is 0.273 e. The molecule has 3 nitrogen and oxygen atoms in total. The molecule has 0 aromatic carbocycles. The van der Waals surface area contributed by atoms with Gasteiger partial charge in [0.15, 0.2) is 0 Å². The fourth-order valence-corrected chi connectivity index (χ4v) is 0.948. The van der Waals surface area contributed by atoms with Gasteiger partial charge in [0.05, 0.1) is 12.2 Å². The highest BCUT2D eigenvalue weighted by Crippen LogP contribution is 2.04. The molecule has 15 heavy (non-hydrogen) atoms. The largest absolute Gasteiger partial charge is 0.358 e. The van der Waals surface area contributed by atoms with Crippen LogP contribution in [0.15, 0.2) is 24.6 Å². The molecule has 0 bridgehead atoms. The third-order valence-electron chi connectivity index (χ3n) is 1.30. The summed E-state index contributed by atoms with van der Waals surface area (Å²) in [6.45, 7) is 9.49. The number of nitrogens with zero attached hydrogens (tertiary/aromatic N) is 1. The van der Waals surface area contributed by atoms with Gasteiger partial charge in [0.25, 0.3) is 5.91 Å². The Bertz CT molecular complexity index is 266. The number of amides is 1. The Morgan fingerprint density at radius 1 is 1.67 bits per heavy atom. The van der Waals surface area contributed by atoms with Crippen LogP contribution < -0.4 is 5.32 Å². The molecule has 0 saturated heterocycles. The molecule has 0 heterocycles. The Morgan fingerprint density at radius 3 is 2.53 bits per heavy atom. The van der Waals surface area contributed by atoms with Crippen molar-refractivity contribution in [2.24, 2.45) is 0 Å². The normalized spacial score (nSPS) is 9.13. The standard InChI is InChI=1S/C9H13N2OP.C2H6/c1-4-7-11(13)9(12)8(5-2)10-6-3;1-2/h1,5-6,10H,3,7,13H2,2H3;1-2H3/b8-5-;. The van der Waals surface area contributed by atoms with E-state index in [1.165, 1.54) is 10.9 Å². The number of terminal acetylenes is 1. The van der Waals surface area contributed by atoms with Gasteiger partial charge in [-0.05, 0) is 22.5 Å². The van der Waals surface area contributed by atoms with Crippen LogP contribution in [0.5, 0.6) is 0 Å². The summed E-state index contributed by atoms with van der Waals surface area (Å²) in [6, 6.07) is 0. The Morgan fingerprint density at radius 2 is 2.20 bits per heavy atom. The summed E-state index contributed by atoms with van der Waals surface area (Å²) in [7, 11) is 2.27. The molecule has 0 aliphatic rings. The van der Waals surface area contributed by atoms with Crippen LogP contribution in [0, 0.1) is 12.3 Å². The van der Waals surface area contributed by atoms with Crippen molar-refractivity contribution in [2.45, 2.75) is 20.8 Å². The second kappa shape index (κ2) is 10.8. The van der Waals surface area contributed by atoms with Gasteiger partial charge in [-0.3, -0.25) is 4.79 Å². The van der Waals surface area contributed by atoms with Crippen molar-refractivity contribution in [3.05, 3.63) is 24.6 Å². The first-order valence-electron chi connectivity index (χ1n) is 4.71. The third-order valence-corrected chi connectivity index (χ3v) is 1.72. The van der Waals surface area contributed by atoms with Crippen LogP contribution >= 0.6 is 9.39 Å². The fourth-order valence-electron chi connectivity index (χ4n) is 0.703. The Hall–Kier alpha value is -1.26. The Balaban J connectivity index is 0. The second-order valence-electron chi connectivity index (χ2n) is 2.19. The molecule has 0 saturated carbocycles. The summed E-state index contributed by atoms with van der Waals surface area (Å²) in [6.07, 6.45) is 8.18. The van der Waals surface area contributed by atoms with Gasteiger partial charge in [-0.2, -0.15) is 0 Å². The molecular weight excluding hydrogens is 207 g/mol. The molecule has 0 aromatic rings. The molecule has 84 valence electrons. The summed E-state index contributed by atoms with van der Waals surface area (Å²) in [4.78, 5) is 11.5. The molecule has 4 heteroatoms. The van der Waals surface area contributed by atoms with Crippen molar-refractivity contribution >= 4 is 15.3 Å². The minimum absolute atomic E-state index is 0.176. The minimum Gasteiger partial charge on any atom is -0.358 e. The van der Waals surface area contributed by atoms with E-state index in [0.717, 1.165) is 0 Å². The van der Waals surface area contributed by atoms with Gasteiger partial charge in [0.1, 0.15) is 0 Å². The van der Waals surface area contributed by atoms with Crippen molar-refractivity contribution in [2.75, 3.05) is 6.54 Å². The maximum atomic E-state index is 11.5. The molecule has 0 aliphatic carbocycles. The highest BCUT2D eigenvalue weighted by molar-refractivity contribution is 7.14. The summed E-state index contributed by atoms with van der Waals surface area (Å²) in [5, 5.41) is 2.72. The molecule has 0 spiro atoms. The monoisotopic (exact) mass is 226 g/mol. The van der Waals surface area contributed by atoms with Crippen LogP contribution in [0.3, 0.4) is 0 Å². The first-order valence-corrected chi connectivity index (χ1v) is 5.22. The zero-order valence-corrected chi connectivity index (χ0v) is 10.7. The van der Waals surface area contributed by atoms with E-state index >= 15 is 0 Å². The Labute approximate surface area is 94.9 Å². The van der Waals surface area contributed by atoms with Gasteiger partial charge in [-0.25, -0.2) is 0 Å². The molecule has 0 radical (unpaired) electrons. The van der Waals surface area contributed by atoms with Crippen molar-refractivity contribution in [1.82, 2.24) is 9.99 Å². The predicted molar refractivity (Wildman–Crippen MR) is 68.7 cm³/mol. The number of carbonyl (C=O) groups is 1. The van der Waals surface area contributed by atoms with Crippen molar-refractivity contribution in [3.8, 4) is 12.3 Å². The number of hydrogen-bond donors (Lipinski definition) is 1. The lowest BCUT2D eigenvalue weighted by Crippen LogP contribution is -2.27. The summed E-state index contributed by atoms with van der Waals surface area (Å²) in [5.41, 5.74) is 0.459. The number of allylic oxidation sites excluding steroid dienone is 1. The van der Waals surface area contributed by atoms with E-state index in [1.54, 1.807) is 13.0 Å². The first-order chi connectivity index (χ1) is 7.17. The van der Waals surface area contributed by atoms with Crippen LogP contribution in [0.4, 0.5) is 0 Å². The number of hydrogen-bond acceptors (Lipinski definition) is 2. The first kappa shape index (κ1) is 16.2. The quantitative estimate of drug-likeness (QED) is 0.451. The van der Waals surface area contributed by atoms with Crippen molar-refractivity contribution in [1.29, 1.82) is 0 Å². The van der Waals surface area contributed by atoms with Gasteiger partial charge in [-0.15, -0.1) is 6.42 Å². The summed E-state index contributed by atoms with van der Waals surface area (Å²) in [5.74, 6) is 2.20. The molecular formula is C11H19N2OP. The lowest BCUT2D eigenvalue weighted by molar-refractivity contribution is -0.122. The van der Waals surface area contributed by atoms with Crippen molar-refractivity contribution in [3.63, 3.8) is 0 Å².